The van der Waals surface area contributed by atoms with Gasteiger partial charge in [0, 0.05) is 36.1 Å². The average Bonchev–Trinajstić information content (AvgIpc) is 3.19. The molecule has 27 heavy (non-hydrogen) atoms. The van der Waals surface area contributed by atoms with E-state index < -0.39 is 0 Å². The highest BCUT2D eigenvalue weighted by Gasteiger charge is 2.16. The predicted molar refractivity (Wildman–Crippen MR) is 114 cm³/mol. The Morgan fingerprint density at radius 1 is 1.37 bits per heavy atom. The second kappa shape index (κ2) is 7.82. The standard InChI is InChI=1S/C20H23ClN4OS/c1-12(2)8-14-10-25(18-9-15(21)6-7-16(14)18)20-23-17(11-27-20)19(26)22-13(3)24(4)5/h6-7,9-12H,8H2,1-5H3. The van der Waals surface area contributed by atoms with Crippen molar-refractivity contribution >= 4 is 45.6 Å². The molecule has 0 N–H and O–H groups in total. The quantitative estimate of drug-likeness (QED) is 0.452. The SMILES string of the molecule is CC(=NC(=O)c1csc(-n2cc(CC(C)C)c3ccc(Cl)cc32)n1)N(C)C. The van der Waals surface area contributed by atoms with Gasteiger partial charge in [0.25, 0.3) is 5.91 Å². The number of fused-ring (bicyclic) bond motifs is 1. The molecule has 0 unspecified atom stereocenters. The van der Waals surface area contributed by atoms with E-state index in [1.165, 1.54) is 16.9 Å². The van der Waals surface area contributed by atoms with Crippen LogP contribution in [-0.2, 0) is 6.42 Å². The van der Waals surface area contributed by atoms with E-state index in [1.807, 2.05) is 30.8 Å². The van der Waals surface area contributed by atoms with Gasteiger partial charge < -0.3 is 4.90 Å². The lowest BCUT2D eigenvalue weighted by atomic mass is 10.0. The van der Waals surface area contributed by atoms with E-state index in [-0.39, 0.29) is 5.91 Å². The van der Waals surface area contributed by atoms with Crippen molar-refractivity contribution in [2.45, 2.75) is 27.2 Å². The van der Waals surface area contributed by atoms with Gasteiger partial charge in [-0.05, 0) is 37.0 Å². The van der Waals surface area contributed by atoms with Gasteiger partial charge in [0.1, 0.15) is 11.5 Å². The highest BCUT2D eigenvalue weighted by atomic mass is 35.5. The normalized spacial score (nSPS) is 12.2. The summed E-state index contributed by atoms with van der Waals surface area (Å²) in [5.74, 6) is 0.851. The zero-order valence-corrected chi connectivity index (χ0v) is 17.7. The molecule has 0 bridgehead atoms. The van der Waals surface area contributed by atoms with Gasteiger partial charge in [-0.2, -0.15) is 4.99 Å². The van der Waals surface area contributed by atoms with Crippen LogP contribution in [0.4, 0.5) is 0 Å². The van der Waals surface area contributed by atoms with Gasteiger partial charge in [-0.3, -0.25) is 9.36 Å². The monoisotopic (exact) mass is 402 g/mol. The molecule has 0 atom stereocenters. The number of halogens is 1. The summed E-state index contributed by atoms with van der Waals surface area (Å²) >= 11 is 7.65. The molecule has 0 aliphatic heterocycles. The lowest BCUT2D eigenvalue weighted by Crippen LogP contribution is -2.19. The van der Waals surface area contributed by atoms with Crippen molar-refractivity contribution in [1.82, 2.24) is 14.5 Å². The van der Waals surface area contributed by atoms with E-state index in [9.17, 15) is 4.79 Å². The van der Waals surface area contributed by atoms with Crippen LogP contribution in [0.5, 0.6) is 0 Å². The van der Waals surface area contributed by atoms with Crippen molar-refractivity contribution in [3.8, 4) is 5.13 Å². The lowest BCUT2D eigenvalue weighted by molar-refractivity contribution is 0.0997. The molecular weight excluding hydrogens is 380 g/mol. The molecule has 0 saturated carbocycles. The summed E-state index contributed by atoms with van der Waals surface area (Å²) in [5, 5.41) is 4.33. The Hall–Kier alpha value is -2.18. The number of rotatable bonds is 4. The number of nitrogens with zero attached hydrogens (tertiary/aromatic N) is 4. The summed E-state index contributed by atoms with van der Waals surface area (Å²) in [6, 6.07) is 5.90. The van der Waals surface area contributed by atoms with Gasteiger partial charge >= 0.3 is 0 Å². The Morgan fingerprint density at radius 3 is 2.78 bits per heavy atom. The molecule has 0 aliphatic carbocycles. The average molecular weight is 403 g/mol. The summed E-state index contributed by atoms with van der Waals surface area (Å²) in [5.41, 5.74) is 2.60. The number of carbonyl (C=O) groups excluding carboxylic acids is 1. The highest BCUT2D eigenvalue weighted by Crippen LogP contribution is 2.30. The third-order valence-electron chi connectivity index (χ3n) is 4.31. The fourth-order valence-electron chi connectivity index (χ4n) is 2.81. The number of amidine groups is 1. The summed E-state index contributed by atoms with van der Waals surface area (Å²) in [6.07, 6.45) is 3.07. The second-order valence-corrected chi connectivity index (χ2v) is 8.43. The van der Waals surface area contributed by atoms with Crippen LogP contribution in [0.2, 0.25) is 5.02 Å². The van der Waals surface area contributed by atoms with Crippen LogP contribution in [-0.4, -0.2) is 40.3 Å². The summed E-state index contributed by atoms with van der Waals surface area (Å²) < 4.78 is 2.02. The van der Waals surface area contributed by atoms with Crippen LogP contribution in [0.15, 0.2) is 34.8 Å². The van der Waals surface area contributed by atoms with Crippen molar-refractivity contribution in [2.75, 3.05) is 14.1 Å². The van der Waals surface area contributed by atoms with Crippen LogP contribution in [0.3, 0.4) is 0 Å². The maximum atomic E-state index is 12.4. The van der Waals surface area contributed by atoms with Crippen LogP contribution in [0.1, 0.15) is 36.8 Å². The molecular formula is C20H23ClN4OS. The summed E-state index contributed by atoms with van der Waals surface area (Å²) in [4.78, 5) is 22.8. The lowest BCUT2D eigenvalue weighted by Gasteiger charge is -2.09. The van der Waals surface area contributed by atoms with Gasteiger partial charge in [0.05, 0.1) is 5.52 Å². The maximum absolute atomic E-state index is 12.4. The molecule has 2 aromatic heterocycles. The van der Waals surface area contributed by atoms with Gasteiger partial charge in [0.2, 0.25) is 0 Å². The molecule has 1 aromatic carbocycles. The first kappa shape index (κ1) is 19.6. The predicted octanol–water partition coefficient (Wildman–Crippen LogP) is 5.06. The first-order chi connectivity index (χ1) is 12.8. The van der Waals surface area contributed by atoms with Crippen molar-refractivity contribution in [3.05, 3.63) is 46.1 Å². The van der Waals surface area contributed by atoms with Gasteiger partial charge in [0.15, 0.2) is 5.13 Å². The first-order valence-electron chi connectivity index (χ1n) is 8.78. The number of carbonyl (C=O) groups is 1. The maximum Gasteiger partial charge on any atom is 0.298 e. The van der Waals surface area contributed by atoms with E-state index in [4.69, 9.17) is 11.6 Å². The van der Waals surface area contributed by atoms with Crippen molar-refractivity contribution in [2.24, 2.45) is 10.9 Å². The fraction of sp³-hybridized carbons (Fsp3) is 0.350. The molecule has 1 amide bonds. The number of benzene rings is 1. The van der Waals surface area contributed by atoms with E-state index in [0.29, 0.717) is 22.5 Å². The topological polar surface area (TPSA) is 50.5 Å². The molecule has 0 radical (unpaired) electrons. The Kier molecular flexibility index (Phi) is 5.67. The second-order valence-electron chi connectivity index (χ2n) is 7.16. The number of thiazole rings is 1. The van der Waals surface area contributed by atoms with E-state index in [2.05, 4.69) is 36.1 Å². The smallest absolute Gasteiger partial charge is 0.298 e. The minimum Gasteiger partial charge on any atom is -0.366 e. The largest absolute Gasteiger partial charge is 0.366 e. The highest BCUT2D eigenvalue weighted by molar-refractivity contribution is 7.12. The van der Waals surface area contributed by atoms with Crippen LogP contribution in [0, 0.1) is 5.92 Å². The minimum atomic E-state index is -0.333. The first-order valence-corrected chi connectivity index (χ1v) is 10.0. The molecule has 5 nitrogen and oxygen atoms in total. The van der Waals surface area contributed by atoms with E-state index >= 15 is 0 Å². The van der Waals surface area contributed by atoms with Crippen molar-refractivity contribution in [3.63, 3.8) is 0 Å². The minimum absolute atomic E-state index is 0.333. The van der Waals surface area contributed by atoms with Crippen LogP contribution < -0.4 is 0 Å². The third-order valence-corrected chi connectivity index (χ3v) is 5.38. The third kappa shape index (κ3) is 4.22. The zero-order chi connectivity index (χ0) is 19.7. The Morgan fingerprint density at radius 2 is 2.11 bits per heavy atom. The molecule has 0 saturated heterocycles. The van der Waals surface area contributed by atoms with Gasteiger partial charge in [-0.1, -0.05) is 31.5 Å². The molecule has 0 spiro atoms. The fourth-order valence-corrected chi connectivity index (χ4v) is 3.76. The number of hydrogen-bond acceptors (Lipinski definition) is 3. The van der Waals surface area contributed by atoms with Gasteiger partial charge in [-0.25, -0.2) is 4.98 Å². The number of aromatic nitrogens is 2. The van der Waals surface area contributed by atoms with E-state index in [1.54, 1.807) is 17.2 Å². The Labute approximate surface area is 168 Å². The van der Waals surface area contributed by atoms with Crippen molar-refractivity contribution in [1.29, 1.82) is 0 Å². The zero-order valence-electron chi connectivity index (χ0n) is 16.2. The van der Waals surface area contributed by atoms with Crippen LogP contribution >= 0.6 is 22.9 Å². The Balaban J connectivity index is 2.03. The van der Waals surface area contributed by atoms with Crippen molar-refractivity contribution < 1.29 is 4.79 Å². The van der Waals surface area contributed by atoms with E-state index in [0.717, 1.165) is 22.5 Å². The molecule has 0 fully saturated rings. The Bertz CT molecular complexity index is 1020. The molecule has 2 heterocycles. The van der Waals surface area contributed by atoms with Gasteiger partial charge in [-0.15, -0.1) is 11.3 Å². The summed E-state index contributed by atoms with van der Waals surface area (Å²) in [6.45, 7) is 6.19. The molecule has 0 aliphatic rings. The summed E-state index contributed by atoms with van der Waals surface area (Å²) in [7, 11) is 3.70. The number of amides is 1. The molecule has 142 valence electrons. The van der Waals surface area contributed by atoms with Crippen LogP contribution in [0.25, 0.3) is 16.0 Å². The molecule has 3 rings (SSSR count). The number of aliphatic imine (C=N–C) groups is 1. The molecule has 7 heteroatoms. The number of hydrogen-bond donors (Lipinski definition) is 0. The molecule has 3 aromatic rings.